The number of hydrogen-bond acceptors (Lipinski definition) is 4. The molecule has 0 aromatic heterocycles. The fraction of sp³-hybridized carbons (Fsp3) is 0.571. The molecule has 1 aliphatic rings. The maximum absolute atomic E-state index is 12.4. The zero-order valence-electron chi connectivity index (χ0n) is 12.8. The van der Waals surface area contributed by atoms with Gasteiger partial charge < -0.3 is 10.1 Å². The van der Waals surface area contributed by atoms with Crippen LogP contribution in [0.5, 0.6) is 0 Å². The van der Waals surface area contributed by atoms with Crippen LogP contribution in [0, 0.1) is 5.41 Å². The Hall–Kier alpha value is -0.0800. The number of hydrogen-bond donors (Lipinski definition) is 2. The van der Waals surface area contributed by atoms with Gasteiger partial charge in [-0.1, -0.05) is 23.2 Å². The molecular formula is C14H21Cl3N2O3S. The fourth-order valence-electron chi connectivity index (χ4n) is 2.65. The van der Waals surface area contributed by atoms with Gasteiger partial charge in [-0.25, -0.2) is 13.1 Å². The molecule has 0 radical (unpaired) electrons. The molecular weight excluding hydrogens is 383 g/mol. The highest BCUT2D eigenvalue weighted by molar-refractivity contribution is 7.89. The topological polar surface area (TPSA) is 67.4 Å². The number of halogens is 3. The summed E-state index contributed by atoms with van der Waals surface area (Å²) in [6, 6.07) is 4.28. The molecule has 2 rings (SSSR count). The van der Waals surface area contributed by atoms with Gasteiger partial charge in [-0.15, -0.1) is 12.4 Å². The van der Waals surface area contributed by atoms with Crippen molar-refractivity contribution in [1.82, 2.24) is 10.0 Å². The van der Waals surface area contributed by atoms with Crippen LogP contribution in [0.2, 0.25) is 10.0 Å². The molecule has 1 aliphatic heterocycles. The number of methoxy groups -OCH3 is 1. The van der Waals surface area contributed by atoms with Gasteiger partial charge >= 0.3 is 0 Å². The monoisotopic (exact) mass is 402 g/mol. The highest BCUT2D eigenvalue weighted by atomic mass is 35.5. The van der Waals surface area contributed by atoms with Gasteiger partial charge in [0.1, 0.15) is 0 Å². The molecule has 0 unspecified atom stereocenters. The van der Waals surface area contributed by atoms with Crippen molar-refractivity contribution in [3.8, 4) is 0 Å². The van der Waals surface area contributed by atoms with E-state index in [0.29, 0.717) is 23.2 Å². The van der Waals surface area contributed by atoms with Crippen molar-refractivity contribution in [2.24, 2.45) is 5.41 Å². The second-order valence-electron chi connectivity index (χ2n) is 5.61. The Morgan fingerprint density at radius 3 is 2.30 bits per heavy atom. The number of ether oxygens (including phenoxy) is 1. The minimum Gasteiger partial charge on any atom is -0.384 e. The lowest BCUT2D eigenvalue weighted by molar-refractivity contribution is 0.0577. The summed E-state index contributed by atoms with van der Waals surface area (Å²) in [6.07, 6.45) is 1.72. The average Bonchev–Trinajstić information content (AvgIpc) is 2.46. The van der Waals surface area contributed by atoms with Crippen LogP contribution in [0.1, 0.15) is 12.8 Å². The van der Waals surface area contributed by atoms with Crippen molar-refractivity contribution in [3.63, 3.8) is 0 Å². The molecule has 1 saturated heterocycles. The Kier molecular flexibility index (Phi) is 8.07. The number of sulfonamides is 1. The summed E-state index contributed by atoms with van der Waals surface area (Å²) in [5, 5.41) is 3.86. The molecule has 0 atom stereocenters. The second kappa shape index (κ2) is 8.85. The van der Waals surface area contributed by atoms with Crippen LogP contribution < -0.4 is 10.0 Å². The van der Waals surface area contributed by atoms with Crippen LogP contribution >= 0.6 is 35.6 Å². The molecule has 0 spiro atoms. The van der Waals surface area contributed by atoms with Gasteiger partial charge in [0.15, 0.2) is 0 Å². The van der Waals surface area contributed by atoms with Crippen LogP contribution in [0.15, 0.2) is 23.1 Å². The van der Waals surface area contributed by atoms with Crippen molar-refractivity contribution >= 4 is 45.6 Å². The third-order valence-corrected chi connectivity index (χ3v) is 5.72. The highest BCUT2D eigenvalue weighted by Gasteiger charge is 2.33. The molecule has 0 aliphatic carbocycles. The molecule has 0 bridgehead atoms. The fourth-order valence-corrected chi connectivity index (χ4v) is 4.53. The highest BCUT2D eigenvalue weighted by Crippen LogP contribution is 2.29. The quantitative estimate of drug-likeness (QED) is 0.766. The second-order valence-corrected chi connectivity index (χ2v) is 8.25. The molecule has 1 aromatic carbocycles. The van der Waals surface area contributed by atoms with E-state index >= 15 is 0 Å². The zero-order valence-corrected chi connectivity index (χ0v) is 15.9. The van der Waals surface area contributed by atoms with E-state index in [4.69, 9.17) is 27.9 Å². The van der Waals surface area contributed by atoms with Gasteiger partial charge in [-0.2, -0.15) is 0 Å². The van der Waals surface area contributed by atoms with Crippen molar-refractivity contribution in [2.75, 3.05) is 33.4 Å². The minimum absolute atomic E-state index is 0. The van der Waals surface area contributed by atoms with Gasteiger partial charge in [0.2, 0.25) is 10.0 Å². The first-order chi connectivity index (χ1) is 10.4. The maximum atomic E-state index is 12.4. The van der Waals surface area contributed by atoms with Gasteiger partial charge in [0, 0.05) is 29.1 Å². The van der Waals surface area contributed by atoms with Crippen molar-refractivity contribution in [3.05, 3.63) is 28.2 Å². The minimum atomic E-state index is -3.66. The summed E-state index contributed by atoms with van der Waals surface area (Å²) in [5.41, 5.74) is -0.185. The standard InChI is InChI=1S/C14H20Cl2N2O3S.ClH/c1-21-10-14(2-4-17-5-3-14)9-18-22(19,20)13-7-11(15)6-12(16)8-13;/h6-8,17-18H,2-5,9-10H2,1H3;1H. The average molecular weight is 404 g/mol. The van der Waals surface area contributed by atoms with E-state index in [1.165, 1.54) is 18.2 Å². The van der Waals surface area contributed by atoms with Gasteiger partial charge in [-0.3, -0.25) is 0 Å². The largest absolute Gasteiger partial charge is 0.384 e. The molecule has 0 saturated carbocycles. The Morgan fingerprint density at radius 2 is 1.78 bits per heavy atom. The molecule has 0 amide bonds. The van der Waals surface area contributed by atoms with E-state index < -0.39 is 10.0 Å². The van der Waals surface area contributed by atoms with Crippen LogP contribution in [-0.4, -0.2) is 41.8 Å². The summed E-state index contributed by atoms with van der Waals surface area (Å²) >= 11 is 11.8. The van der Waals surface area contributed by atoms with Crippen LogP contribution in [-0.2, 0) is 14.8 Å². The SMILES string of the molecule is COCC1(CNS(=O)(=O)c2cc(Cl)cc(Cl)c2)CCNCC1.Cl. The van der Waals surface area contributed by atoms with E-state index in [2.05, 4.69) is 10.0 Å². The number of benzene rings is 1. The maximum Gasteiger partial charge on any atom is 0.240 e. The molecule has 23 heavy (non-hydrogen) atoms. The van der Waals surface area contributed by atoms with Crippen molar-refractivity contribution in [1.29, 1.82) is 0 Å². The summed E-state index contributed by atoms with van der Waals surface area (Å²) in [6.45, 7) is 2.56. The third-order valence-electron chi connectivity index (χ3n) is 3.90. The first-order valence-electron chi connectivity index (χ1n) is 7.02. The molecule has 1 fully saturated rings. The van der Waals surface area contributed by atoms with Crippen LogP contribution in [0.25, 0.3) is 0 Å². The van der Waals surface area contributed by atoms with Gasteiger partial charge in [0.25, 0.3) is 0 Å². The summed E-state index contributed by atoms with van der Waals surface area (Å²) < 4.78 is 32.8. The summed E-state index contributed by atoms with van der Waals surface area (Å²) in [4.78, 5) is 0.0755. The van der Waals surface area contributed by atoms with E-state index in [9.17, 15) is 8.42 Å². The molecule has 1 heterocycles. The van der Waals surface area contributed by atoms with E-state index in [1.54, 1.807) is 7.11 Å². The first kappa shape index (κ1) is 21.0. The zero-order chi connectivity index (χ0) is 16.2. The van der Waals surface area contributed by atoms with Crippen LogP contribution in [0.4, 0.5) is 0 Å². The lowest BCUT2D eigenvalue weighted by atomic mass is 9.80. The van der Waals surface area contributed by atoms with E-state index in [1.807, 2.05) is 0 Å². The van der Waals surface area contributed by atoms with Crippen molar-refractivity contribution < 1.29 is 13.2 Å². The van der Waals surface area contributed by atoms with Crippen molar-refractivity contribution in [2.45, 2.75) is 17.7 Å². The van der Waals surface area contributed by atoms with Gasteiger partial charge in [0.05, 0.1) is 11.5 Å². The summed E-state index contributed by atoms with van der Waals surface area (Å²) in [7, 11) is -2.02. The Bertz CT molecular complexity index is 594. The molecule has 132 valence electrons. The lowest BCUT2D eigenvalue weighted by Crippen LogP contribution is -2.47. The molecule has 2 N–H and O–H groups in total. The lowest BCUT2D eigenvalue weighted by Gasteiger charge is -2.37. The van der Waals surface area contributed by atoms with Crippen LogP contribution in [0.3, 0.4) is 0 Å². The Balaban J connectivity index is 0.00000264. The first-order valence-corrected chi connectivity index (χ1v) is 9.26. The van der Waals surface area contributed by atoms with Gasteiger partial charge in [-0.05, 0) is 44.1 Å². The smallest absolute Gasteiger partial charge is 0.240 e. The molecule has 5 nitrogen and oxygen atoms in total. The van der Waals surface area contributed by atoms with E-state index in [-0.39, 0.29) is 22.7 Å². The number of nitrogens with one attached hydrogen (secondary N) is 2. The predicted octanol–water partition coefficient (Wildman–Crippen LogP) is 2.71. The number of piperidine rings is 1. The Labute approximate surface area is 153 Å². The molecule has 9 heteroatoms. The summed E-state index contributed by atoms with van der Waals surface area (Å²) in [5.74, 6) is 0. The van der Waals surface area contributed by atoms with E-state index in [0.717, 1.165) is 25.9 Å². The molecule has 1 aromatic rings. The Morgan fingerprint density at radius 1 is 1.22 bits per heavy atom. The number of rotatable bonds is 6. The predicted molar refractivity (Wildman–Crippen MR) is 95.3 cm³/mol. The normalized spacial score (nSPS) is 17.5. The third kappa shape index (κ3) is 5.74.